The van der Waals surface area contributed by atoms with E-state index in [4.69, 9.17) is 4.74 Å². The third-order valence-electron chi connectivity index (χ3n) is 4.61. The number of fused-ring (bicyclic) bond motifs is 1. The summed E-state index contributed by atoms with van der Waals surface area (Å²) >= 11 is 0. The first kappa shape index (κ1) is 20.5. The molecule has 7 heteroatoms. The van der Waals surface area contributed by atoms with Gasteiger partial charge >= 0.3 is 0 Å². The van der Waals surface area contributed by atoms with Gasteiger partial charge in [-0.25, -0.2) is 4.98 Å². The Morgan fingerprint density at radius 1 is 1.19 bits per heavy atom. The van der Waals surface area contributed by atoms with Gasteiger partial charge in [-0.2, -0.15) is 0 Å². The number of rotatable bonds is 3. The molecule has 2 aliphatic heterocycles. The SMILES string of the molecule is Cl.Cl.O=C(Nc1cccc(-c2ccc3c(c2)CCO3)n1)[C@H]1CCCCN1. The lowest BCUT2D eigenvalue weighted by molar-refractivity contribution is -0.118. The highest BCUT2D eigenvalue weighted by atomic mass is 35.5. The standard InChI is InChI=1S/C19H21N3O2.2ClH/c23-19(16-4-1-2-10-20-16)22-18-6-3-5-15(21-18)13-7-8-17-14(12-13)9-11-24-17;;/h3,5-8,12,16,20H,1-2,4,9-11H2,(H,21,22,23);2*1H/t16-;;/m1../s1. The summed E-state index contributed by atoms with van der Waals surface area (Å²) in [4.78, 5) is 16.9. The number of halogens is 2. The van der Waals surface area contributed by atoms with Gasteiger partial charge in [0.2, 0.25) is 5.91 Å². The molecule has 2 N–H and O–H groups in total. The lowest BCUT2D eigenvalue weighted by atomic mass is 10.0. The second-order valence-electron chi connectivity index (χ2n) is 6.32. The van der Waals surface area contributed by atoms with Gasteiger partial charge in [0.25, 0.3) is 0 Å². The lowest BCUT2D eigenvalue weighted by Crippen LogP contribution is -2.43. The van der Waals surface area contributed by atoms with Crippen LogP contribution in [0, 0.1) is 0 Å². The molecule has 1 saturated heterocycles. The minimum absolute atomic E-state index is 0. The zero-order valence-corrected chi connectivity index (χ0v) is 16.0. The van der Waals surface area contributed by atoms with Gasteiger partial charge < -0.3 is 15.4 Å². The number of carbonyl (C=O) groups is 1. The van der Waals surface area contributed by atoms with Gasteiger partial charge in [-0.1, -0.05) is 12.5 Å². The molecule has 5 nitrogen and oxygen atoms in total. The number of anilines is 1. The number of hydrogen-bond donors (Lipinski definition) is 2. The van der Waals surface area contributed by atoms with E-state index in [-0.39, 0.29) is 36.8 Å². The maximum Gasteiger partial charge on any atom is 0.242 e. The van der Waals surface area contributed by atoms with Crippen molar-refractivity contribution in [3.05, 3.63) is 42.0 Å². The summed E-state index contributed by atoms with van der Waals surface area (Å²) in [5.41, 5.74) is 3.13. The van der Waals surface area contributed by atoms with Gasteiger partial charge in [-0.15, -0.1) is 24.8 Å². The molecule has 4 rings (SSSR count). The molecule has 1 amide bonds. The average molecular weight is 396 g/mol. The Balaban J connectivity index is 0.00000121. The lowest BCUT2D eigenvalue weighted by Gasteiger charge is -2.22. The van der Waals surface area contributed by atoms with Crippen molar-refractivity contribution in [1.82, 2.24) is 10.3 Å². The number of aromatic nitrogens is 1. The zero-order chi connectivity index (χ0) is 16.4. The highest BCUT2D eigenvalue weighted by Crippen LogP contribution is 2.30. The van der Waals surface area contributed by atoms with Crippen molar-refractivity contribution >= 4 is 36.5 Å². The Kier molecular flexibility index (Phi) is 7.26. The van der Waals surface area contributed by atoms with Crippen LogP contribution in [0.4, 0.5) is 5.82 Å². The number of amides is 1. The second kappa shape index (κ2) is 9.21. The molecule has 2 aliphatic rings. The molecule has 0 radical (unpaired) electrons. The van der Waals surface area contributed by atoms with E-state index in [0.29, 0.717) is 5.82 Å². The highest BCUT2D eigenvalue weighted by molar-refractivity contribution is 5.94. The topological polar surface area (TPSA) is 63.2 Å². The summed E-state index contributed by atoms with van der Waals surface area (Å²) < 4.78 is 5.55. The summed E-state index contributed by atoms with van der Waals surface area (Å²) in [6.07, 6.45) is 4.05. The maximum atomic E-state index is 12.3. The van der Waals surface area contributed by atoms with Gasteiger partial charge in [-0.05, 0) is 55.3 Å². The molecule has 0 aliphatic carbocycles. The van der Waals surface area contributed by atoms with E-state index in [1.807, 2.05) is 30.3 Å². The number of piperidine rings is 1. The molecule has 1 aromatic heterocycles. The molecule has 2 aromatic rings. The largest absolute Gasteiger partial charge is 0.493 e. The van der Waals surface area contributed by atoms with E-state index in [0.717, 1.165) is 55.8 Å². The van der Waals surface area contributed by atoms with Gasteiger partial charge in [-0.3, -0.25) is 4.79 Å². The van der Waals surface area contributed by atoms with E-state index in [1.165, 1.54) is 5.56 Å². The van der Waals surface area contributed by atoms with Crippen LogP contribution in [0.3, 0.4) is 0 Å². The van der Waals surface area contributed by atoms with Crippen LogP contribution in [0.2, 0.25) is 0 Å². The molecule has 0 unspecified atom stereocenters. The average Bonchev–Trinajstić information content (AvgIpc) is 3.10. The molecule has 0 bridgehead atoms. The summed E-state index contributed by atoms with van der Waals surface area (Å²) in [6.45, 7) is 1.65. The Morgan fingerprint density at radius 2 is 2.08 bits per heavy atom. The molecule has 140 valence electrons. The minimum Gasteiger partial charge on any atom is -0.493 e. The third-order valence-corrected chi connectivity index (χ3v) is 4.61. The molecule has 1 aromatic carbocycles. The van der Waals surface area contributed by atoms with Crippen LogP contribution < -0.4 is 15.4 Å². The fourth-order valence-electron chi connectivity index (χ4n) is 3.30. The van der Waals surface area contributed by atoms with Crippen molar-refractivity contribution < 1.29 is 9.53 Å². The molecular weight excluding hydrogens is 373 g/mol. The maximum absolute atomic E-state index is 12.3. The van der Waals surface area contributed by atoms with Crippen molar-refractivity contribution in [3.8, 4) is 17.0 Å². The van der Waals surface area contributed by atoms with Crippen LogP contribution in [0.15, 0.2) is 36.4 Å². The van der Waals surface area contributed by atoms with Crippen LogP contribution in [0.1, 0.15) is 24.8 Å². The number of carbonyl (C=O) groups excluding carboxylic acids is 1. The summed E-state index contributed by atoms with van der Waals surface area (Å²) in [6, 6.07) is 11.8. The normalized spacial score (nSPS) is 17.9. The van der Waals surface area contributed by atoms with Crippen molar-refractivity contribution in [2.45, 2.75) is 31.7 Å². The molecule has 26 heavy (non-hydrogen) atoms. The van der Waals surface area contributed by atoms with Crippen LogP contribution >= 0.6 is 24.8 Å². The Hall–Kier alpha value is -1.82. The van der Waals surface area contributed by atoms with Crippen LogP contribution in [-0.4, -0.2) is 30.1 Å². The van der Waals surface area contributed by atoms with Gasteiger partial charge in [0, 0.05) is 12.0 Å². The van der Waals surface area contributed by atoms with Gasteiger partial charge in [0.1, 0.15) is 11.6 Å². The summed E-state index contributed by atoms with van der Waals surface area (Å²) in [5.74, 6) is 1.56. The highest BCUT2D eigenvalue weighted by Gasteiger charge is 2.21. The van der Waals surface area contributed by atoms with Crippen LogP contribution in [0.5, 0.6) is 5.75 Å². The van der Waals surface area contributed by atoms with E-state index in [2.05, 4.69) is 21.7 Å². The van der Waals surface area contributed by atoms with Crippen molar-refractivity contribution in [3.63, 3.8) is 0 Å². The first-order chi connectivity index (χ1) is 11.8. The second-order valence-corrected chi connectivity index (χ2v) is 6.32. The Bertz CT molecular complexity index is 764. The van der Waals surface area contributed by atoms with Crippen molar-refractivity contribution in [1.29, 1.82) is 0 Å². The molecule has 1 fully saturated rings. The predicted molar refractivity (Wildman–Crippen MR) is 108 cm³/mol. The molecular formula is C19H23Cl2N3O2. The molecule has 3 heterocycles. The summed E-state index contributed by atoms with van der Waals surface area (Å²) in [5, 5.41) is 6.20. The fraction of sp³-hybridized carbons (Fsp3) is 0.368. The quantitative estimate of drug-likeness (QED) is 0.832. The zero-order valence-electron chi connectivity index (χ0n) is 14.4. The number of pyridine rings is 1. The van der Waals surface area contributed by atoms with Gasteiger partial charge in [0.05, 0.1) is 18.3 Å². The molecule has 0 spiro atoms. The first-order valence-electron chi connectivity index (χ1n) is 8.57. The van der Waals surface area contributed by atoms with Gasteiger partial charge in [0.15, 0.2) is 0 Å². The minimum atomic E-state index is -0.110. The summed E-state index contributed by atoms with van der Waals surface area (Å²) in [7, 11) is 0. The van der Waals surface area contributed by atoms with Crippen LogP contribution in [0.25, 0.3) is 11.3 Å². The van der Waals surface area contributed by atoms with Crippen LogP contribution in [-0.2, 0) is 11.2 Å². The molecule has 1 atom stereocenters. The third kappa shape index (κ3) is 4.47. The Morgan fingerprint density at radius 3 is 2.88 bits per heavy atom. The van der Waals surface area contributed by atoms with E-state index < -0.39 is 0 Å². The number of hydrogen-bond acceptors (Lipinski definition) is 4. The number of nitrogens with one attached hydrogen (secondary N) is 2. The monoisotopic (exact) mass is 395 g/mol. The smallest absolute Gasteiger partial charge is 0.242 e. The number of benzene rings is 1. The fourth-order valence-corrected chi connectivity index (χ4v) is 3.30. The van der Waals surface area contributed by atoms with E-state index in [1.54, 1.807) is 0 Å². The van der Waals surface area contributed by atoms with Crippen molar-refractivity contribution in [2.24, 2.45) is 0 Å². The number of ether oxygens (including phenoxy) is 1. The van der Waals surface area contributed by atoms with E-state index in [9.17, 15) is 4.79 Å². The number of nitrogens with zero attached hydrogens (tertiary/aromatic N) is 1. The Labute approximate surface area is 165 Å². The molecule has 0 saturated carbocycles. The first-order valence-corrected chi connectivity index (χ1v) is 8.57. The van der Waals surface area contributed by atoms with E-state index >= 15 is 0 Å². The predicted octanol–water partition coefficient (Wildman–Crippen LogP) is 3.61. The van der Waals surface area contributed by atoms with Crippen molar-refractivity contribution in [2.75, 3.05) is 18.5 Å².